The summed E-state index contributed by atoms with van der Waals surface area (Å²) in [7, 11) is 1.52. The van der Waals surface area contributed by atoms with Crippen molar-refractivity contribution >= 4 is 39.2 Å². The number of carbonyl (C=O) groups excluding carboxylic acids is 1. The quantitative estimate of drug-likeness (QED) is 0.571. The summed E-state index contributed by atoms with van der Waals surface area (Å²) < 4.78 is 13.0. The Morgan fingerprint density at radius 1 is 1.32 bits per heavy atom. The molecular formula is C19H20N4O3S2. The van der Waals surface area contributed by atoms with Gasteiger partial charge >= 0.3 is 6.01 Å². The number of likely N-dealkylation sites (tertiary alicyclic amines) is 1. The van der Waals surface area contributed by atoms with Gasteiger partial charge in [-0.15, -0.1) is 11.3 Å². The number of thioether (sulfide) groups is 1. The number of hydrogen-bond donors (Lipinski definition) is 0. The van der Waals surface area contributed by atoms with Gasteiger partial charge in [0.05, 0.1) is 29.6 Å². The smallest absolute Gasteiger partial charge is 0.319 e. The van der Waals surface area contributed by atoms with Crippen molar-refractivity contribution < 1.29 is 14.3 Å². The number of carbonyl (C=O) groups is 1. The molecule has 1 unspecified atom stereocenters. The summed E-state index contributed by atoms with van der Waals surface area (Å²) >= 11 is 3.12. The second kappa shape index (κ2) is 8.74. The lowest BCUT2D eigenvalue weighted by atomic mass is 10.1. The van der Waals surface area contributed by atoms with Crippen LogP contribution >= 0.6 is 23.1 Å². The minimum absolute atomic E-state index is 0.0789. The molecule has 1 amide bonds. The minimum Gasteiger partial charge on any atom is -0.472 e. The van der Waals surface area contributed by atoms with Gasteiger partial charge in [0.15, 0.2) is 4.34 Å². The minimum atomic E-state index is -0.0789. The first-order valence-electron chi connectivity index (χ1n) is 9.01. The summed E-state index contributed by atoms with van der Waals surface area (Å²) in [5.41, 5.74) is 0.981. The Labute approximate surface area is 171 Å². The maximum Gasteiger partial charge on any atom is 0.319 e. The van der Waals surface area contributed by atoms with E-state index in [9.17, 15) is 4.79 Å². The number of rotatable bonds is 6. The van der Waals surface area contributed by atoms with E-state index >= 15 is 0 Å². The summed E-state index contributed by atoms with van der Waals surface area (Å²) in [5.74, 6) is 0.959. The average Bonchev–Trinajstić information content (AvgIpc) is 3.15. The molecule has 7 nitrogen and oxygen atoms in total. The van der Waals surface area contributed by atoms with E-state index in [1.165, 1.54) is 18.9 Å². The maximum absolute atomic E-state index is 12.7. The zero-order chi connectivity index (χ0) is 19.3. The average molecular weight is 417 g/mol. The van der Waals surface area contributed by atoms with Crippen molar-refractivity contribution in [3.63, 3.8) is 0 Å². The number of aromatic nitrogens is 3. The number of ether oxygens (including phenoxy) is 2. The number of benzene rings is 1. The maximum atomic E-state index is 12.7. The predicted octanol–water partition coefficient (Wildman–Crippen LogP) is 3.26. The Morgan fingerprint density at radius 3 is 3.07 bits per heavy atom. The van der Waals surface area contributed by atoms with Crippen LogP contribution in [0.4, 0.5) is 0 Å². The molecule has 0 N–H and O–H groups in total. The molecule has 0 bridgehead atoms. The molecule has 1 aliphatic rings. The Bertz CT molecular complexity index is 932. The van der Waals surface area contributed by atoms with Crippen LogP contribution in [0.2, 0.25) is 0 Å². The van der Waals surface area contributed by atoms with Crippen molar-refractivity contribution in [1.82, 2.24) is 19.9 Å². The van der Waals surface area contributed by atoms with Crippen molar-refractivity contribution in [3.8, 4) is 11.9 Å². The van der Waals surface area contributed by atoms with Gasteiger partial charge in [-0.1, -0.05) is 23.9 Å². The van der Waals surface area contributed by atoms with E-state index in [2.05, 4.69) is 15.0 Å². The highest BCUT2D eigenvalue weighted by molar-refractivity contribution is 8.01. The molecule has 1 atom stereocenters. The SMILES string of the molecule is COc1nccc(OC2CCCN(C(=O)CSc3nc4ccccc4s3)C2)n1. The summed E-state index contributed by atoms with van der Waals surface area (Å²) in [5, 5.41) is 0. The number of hydrogen-bond acceptors (Lipinski definition) is 8. The van der Waals surface area contributed by atoms with Gasteiger partial charge in [0.1, 0.15) is 6.10 Å². The zero-order valence-corrected chi connectivity index (χ0v) is 17.0. The van der Waals surface area contributed by atoms with Gasteiger partial charge in [0.25, 0.3) is 0 Å². The summed E-state index contributed by atoms with van der Waals surface area (Å²) in [6.07, 6.45) is 3.32. The summed E-state index contributed by atoms with van der Waals surface area (Å²) in [4.78, 5) is 27.3. The molecule has 4 rings (SSSR count). The van der Waals surface area contributed by atoms with Crippen molar-refractivity contribution in [2.75, 3.05) is 26.0 Å². The van der Waals surface area contributed by atoms with Gasteiger partial charge in [0.2, 0.25) is 11.8 Å². The molecule has 1 saturated heterocycles. The highest BCUT2D eigenvalue weighted by Gasteiger charge is 2.25. The van der Waals surface area contributed by atoms with Gasteiger partial charge in [-0.25, -0.2) is 9.97 Å². The molecule has 3 aromatic rings. The molecule has 1 aliphatic heterocycles. The fourth-order valence-corrected chi connectivity index (χ4v) is 5.02. The van der Waals surface area contributed by atoms with E-state index in [-0.39, 0.29) is 18.0 Å². The first kappa shape index (κ1) is 18.9. The van der Waals surface area contributed by atoms with E-state index in [0.29, 0.717) is 18.2 Å². The van der Waals surface area contributed by atoms with Crippen LogP contribution in [0.5, 0.6) is 11.9 Å². The number of fused-ring (bicyclic) bond motifs is 1. The molecular weight excluding hydrogens is 396 g/mol. The molecule has 0 radical (unpaired) electrons. The second-order valence-corrected chi connectivity index (χ2v) is 8.59. The fraction of sp³-hybridized carbons (Fsp3) is 0.368. The van der Waals surface area contributed by atoms with Gasteiger partial charge in [-0.05, 0) is 25.0 Å². The first-order chi connectivity index (χ1) is 13.7. The van der Waals surface area contributed by atoms with Crippen LogP contribution < -0.4 is 9.47 Å². The van der Waals surface area contributed by atoms with Crippen LogP contribution in [0.3, 0.4) is 0 Å². The lowest BCUT2D eigenvalue weighted by Gasteiger charge is -2.32. The van der Waals surface area contributed by atoms with Crippen LogP contribution in [0.25, 0.3) is 10.2 Å². The third-order valence-electron chi connectivity index (χ3n) is 4.40. The first-order valence-corrected chi connectivity index (χ1v) is 10.8. The Kier molecular flexibility index (Phi) is 5.92. The van der Waals surface area contributed by atoms with Crippen molar-refractivity contribution in [3.05, 3.63) is 36.5 Å². The van der Waals surface area contributed by atoms with Gasteiger partial charge in [0, 0.05) is 18.8 Å². The van der Waals surface area contributed by atoms with Crippen molar-refractivity contribution in [1.29, 1.82) is 0 Å². The molecule has 0 spiro atoms. The van der Waals surface area contributed by atoms with Crippen molar-refractivity contribution in [2.45, 2.75) is 23.3 Å². The third kappa shape index (κ3) is 4.53. The number of thiazole rings is 1. The van der Waals surface area contributed by atoms with Crippen LogP contribution in [0, 0.1) is 0 Å². The lowest BCUT2D eigenvalue weighted by molar-refractivity contribution is -0.130. The Balaban J connectivity index is 1.32. The van der Waals surface area contributed by atoms with E-state index in [0.717, 1.165) is 33.9 Å². The largest absolute Gasteiger partial charge is 0.472 e. The fourth-order valence-electron chi connectivity index (χ4n) is 3.05. The lowest BCUT2D eigenvalue weighted by Crippen LogP contribution is -2.45. The Morgan fingerprint density at radius 2 is 2.21 bits per heavy atom. The molecule has 0 aliphatic carbocycles. The molecule has 9 heteroatoms. The zero-order valence-electron chi connectivity index (χ0n) is 15.4. The van der Waals surface area contributed by atoms with Crippen LogP contribution in [0.1, 0.15) is 12.8 Å². The number of nitrogens with zero attached hydrogens (tertiary/aromatic N) is 4. The standard InChI is InChI=1S/C19H20N4O3S2/c1-25-18-20-9-8-16(22-18)26-13-5-4-10-23(11-13)17(24)12-27-19-21-14-6-2-3-7-15(14)28-19/h2-3,6-9,13H,4-5,10-12H2,1H3. The van der Waals surface area contributed by atoms with Crippen LogP contribution in [0.15, 0.2) is 40.9 Å². The topological polar surface area (TPSA) is 77.4 Å². The van der Waals surface area contributed by atoms with E-state index in [1.807, 2.05) is 29.2 Å². The summed E-state index contributed by atoms with van der Waals surface area (Å²) in [6.45, 7) is 1.32. The Hall–Kier alpha value is -2.39. The van der Waals surface area contributed by atoms with E-state index < -0.39 is 0 Å². The van der Waals surface area contributed by atoms with Gasteiger partial charge in [-0.2, -0.15) is 4.98 Å². The van der Waals surface area contributed by atoms with Gasteiger partial charge < -0.3 is 14.4 Å². The predicted molar refractivity (Wildman–Crippen MR) is 109 cm³/mol. The van der Waals surface area contributed by atoms with Crippen LogP contribution in [-0.4, -0.2) is 57.8 Å². The number of methoxy groups -OCH3 is 1. The molecule has 3 heterocycles. The molecule has 0 saturated carbocycles. The number of para-hydroxylation sites is 1. The molecule has 2 aromatic heterocycles. The third-order valence-corrected chi connectivity index (χ3v) is 6.57. The number of amides is 1. The molecule has 1 aromatic carbocycles. The highest BCUT2D eigenvalue weighted by Crippen LogP contribution is 2.29. The van der Waals surface area contributed by atoms with Crippen molar-refractivity contribution in [2.24, 2.45) is 0 Å². The molecule has 28 heavy (non-hydrogen) atoms. The normalized spacial score (nSPS) is 16.9. The summed E-state index contributed by atoms with van der Waals surface area (Å²) in [6, 6.07) is 9.99. The monoisotopic (exact) mass is 416 g/mol. The number of piperidine rings is 1. The molecule has 1 fully saturated rings. The van der Waals surface area contributed by atoms with Gasteiger partial charge in [-0.3, -0.25) is 4.79 Å². The van der Waals surface area contributed by atoms with Crippen LogP contribution in [-0.2, 0) is 4.79 Å². The van der Waals surface area contributed by atoms with E-state index in [4.69, 9.17) is 9.47 Å². The molecule has 146 valence electrons. The highest BCUT2D eigenvalue weighted by atomic mass is 32.2. The van der Waals surface area contributed by atoms with E-state index in [1.54, 1.807) is 23.6 Å². The second-order valence-electron chi connectivity index (χ2n) is 6.34.